The summed E-state index contributed by atoms with van der Waals surface area (Å²) in [5.41, 5.74) is 2.78. The maximum absolute atomic E-state index is 12.1. The number of carbonyl (C=O) groups excluding carboxylic acids is 1. The monoisotopic (exact) mass is 304 g/mol. The number of aromatic amines is 1. The molecule has 2 rings (SSSR count). The minimum Gasteiger partial charge on any atom is -0.491 e. The molecule has 0 unspecified atom stereocenters. The normalized spacial score (nSPS) is 10.5. The number of nitrogens with zero attached hydrogens (tertiary/aromatic N) is 2. The van der Waals surface area contributed by atoms with Crippen molar-refractivity contribution >= 4 is 5.91 Å². The number of aromatic nitrogens is 3. The van der Waals surface area contributed by atoms with Gasteiger partial charge in [-0.3, -0.25) is 14.3 Å². The van der Waals surface area contributed by atoms with Crippen LogP contribution in [0.3, 0.4) is 0 Å². The molecule has 0 fully saturated rings. The van der Waals surface area contributed by atoms with E-state index < -0.39 is 0 Å². The van der Waals surface area contributed by atoms with Crippen LogP contribution in [0.25, 0.3) is 0 Å². The van der Waals surface area contributed by atoms with Crippen LogP contribution in [0, 0.1) is 13.8 Å². The molecule has 0 saturated carbocycles. The summed E-state index contributed by atoms with van der Waals surface area (Å²) < 4.78 is 6.76. The number of pyridine rings is 1. The third kappa shape index (κ3) is 3.03. The molecule has 7 heteroatoms. The lowest BCUT2D eigenvalue weighted by atomic mass is 10.2. The van der Waals surface area contributed by atoms with E-state index in [2.05, 4.69) is 15.4 Å². The van der Waals surface area contributed by atoms with Crippen molar-refractivity contribution in [3.05, 3.63) is 45.1 Å². The highest BCUT2D eigenvalue weighted by atomic mass is 16.5. The first-order valence-corrected chi connectivity index (χ1v) is 7.05. The van der Waals surface area contributed by atoms with Crippen LogP contribution in [-0.2, 0) is 13.1 Å². The zero-order chi connectivity index (χ0) is 16.3. The van der Waals surface area contributed by atoms with Crippen molar-refractivity contribution in [1.82, 2.24) is 20.1 Å². The fourth-order valence-electron chi connectivity index (χ4n) is 2.31. The topological polar surface area (TPSA) is 89.0 Å². The van der Waals surface area contributed by atoms with E-state index in [9.17, 15) is 9.59 Å². The zero-order valence-electron chi connectivity index (χ0n) is 13.2. The molecule has 118 valence electrons. The first-order valence-electron chi connectivity index (χ1n) is 7.05. The Bertz CT molecular complexity index is 746. The molecular weight excluding hydrogens is 284 g/mol. The molecule has 0 bridgehead atoms. The van der Waals surface area contributed by atoms with Crippen LogP contribution in [0.1, 0.15) is 34.4 Å². The number of aryl methyl sites for hydroxylation is 2. The van der Waals surface area contributed by atoms with Crippen molar-refractivity contribution in [3.8, 4) is 5.75 Å². The van der Waals surface area contributed by atoms with Crippen LogP contribution in [0.4, 0.5) is 0 Å². The summed E-state index contributed by atoms with van der Waals surface area (Å²) >= 11 is 0. The second-order valence-corrected chi connectivity index (χ2v) is 4.93. The summed E-state index contributed by atoms with van der Waals surface area (Å²) in [5, 5.41) is 7.20. The molecule has 0 aliphatic carbocycles. The van der Waals surface area contributed by atoms with E-state index in [0.717, 1.165) is 23.5 Å². The smallest absolute Gasteiger partial charge is 0.268 e. The van der Waals surface area contributed by atoms with Crippen molar-refractivity contribution in [2.45, 2.75) is 33.9 Å². The molecule has 0 aliphatic heterocycles. The van der Waals surface area contributed by atoms with E-state index >= 15 is 0 Å². The average Bonchev–Trinajstić information content (AvgIpc) is 2.78. The molecule has 2 N–H and O–H groups in total. The number of ether oxygens (including phenoxy) is 1. The molecule has 2 heterocycles. The number of carbonyl (C=O) groups is 1. The molecule has 2 aromatic rings. The van der Waals surface area contributed by atoms with Gasteiger partial charge in [0.05, 0.1) is 12.8 Å². The van der Waals surface area contributed by atoms with Gasteiger partial charge in [-0.15, -0.1) is 0 Å². The van der Waals surface area contributed by atoms with Gasteiger partial charge in [0.1, 0.15) is 5.69 Å². The molecule has 7 nitrogen and oxygen atoms in total. The Morgan fingerprint density at radius 1 is 1.45 bits per heavy atom. The van der Waals surface area contributed by atoms with Gasteiger partial charge in [0.25, 0.3) is 5.91 Å². The van der Waals surface area contributed by atoms with Crippen LogP contribution < -0.4 is 15.5 Å². The molecule has 0 saturated heterocycles. The molecule has 0 atom stereocenters. The highest BCUT2D eigenvalue weighted by Crippen LogP contribution is 2.12. The standard InChI is InChI=1S/C15H20N4O3/c1-5-19-10(3)11(9(2)18-19)7-17-15(21)12-6-13(20)14(22-4)8-16-12/h6,8H,5,7H2,1-4H3,(H,16,20)(H,17,21). The highest BCUT2D eigenvalue weighted by Gasteiger charge is 2.13. The fraction of sp³-hybridized carbons (Fsp3) is 0.400. The lowest BCUT2D eigenvalue weighted by Crippen LogP contribution is -2.25. The second kappa shape index (κ2) is 6.46. The Balaban J connectivity index is 2.12. The number of nitrogens with one attached hydrogen (secondary N) is 2. The van der Waals surface area contributed by atoms with Crippen LogP contribution in [0.2, 0.25) is 0 Å². The molecule has 1 amide bonds. The molecule has 0 spiro atoms. The van der Waals surface area contributed by atoms with Gasteiger partial charge in [-0.1, -0.05) is 0 Å². The number of methoxy groups -OCH3 is 1. The molecule has 0 radical (unpaired) electrons. The summed E-state index contributed by atoms with van der Waals surface area (Å²) in [4.78, 5) is 26.5. The lowest BCUT2D eigenvalue weighted by Gasteiger charge is -2.07. The molecule has 22 heavy (non-hydrogen) atoms. The summed E-state index contributed by atoms with van der Waals surface area (Å²) in [6.45, 7) is 7.05. The Kier molecular flexibility index (Phi) is 4.65. The van der Waals surface area contributed by atoms with Crippen LogP contribution >= 0.6 is 0 Å². The van der Waals surface area contributed by atoms with Crippen molar-refractivity contribution in [2.75, 3.05) is 7.11 Å². The van der Waals surface area contributed by atoms with Gasteiger partial charge in [0.2, 0.25) is 5.43 Å². The van der Waals surface area contributed by atoms with Crippen LogP contribution in [0.5, 0.6) is 5.75 Å². The second-order valence-electron chi connectivity index (χ2n) is 4.93. The summed E-state index contributed by atoms with van der Waals surface area (Å²) in [6.07, 6.45) is 1.38. The van der Waals surface area contributed by atoms with Crippen molar-refractivity contribution in [2.24, 2.45) is 0 Å². The van der Waals surface area contributed by atoms with Gasteiger partial charge in [0.15, 0.2) is 5.75 Å². The fourth-order valence-corrected chi connectivity index (χ4v) is 2.31. The van der Waals surface area contributed by atoms with E-state index in [1.54, 1.807) is 0 Å². The van der Waals surface area contributed by atoms with E-state index in [4.69, 9.17) is 4.74 Å². The summed E-state index contributed by atoms with van der Waals surface area (Å²) in [5.74, 6) is -0.171. The quantitative estimate of drug-likeness (QED) is 0.867. The van der Waals surface area contributed by atoms with Crippen molar-refractivity contribution < 1.29 is 9.53 Å². The van der Waals surface area contributed by atoms with Gasteiger partial charge in [-0.25, -0.2) is 0 Å². The number of amides is 1. The first-order chi connectivity index (χ1) is 10.5. The third-order valence-corrected chi connectivity index (χ3v) is 3.60. The Morgan fingerprint density at radius 2 is 2.18 bits per heavy atom. The zero-order valence-corrected chi connectivity index (χ0v) is 13.2. The third-order valence-electron chi connectivity index (χ3n) is 3.60. The largest absolute Gasteiger partial charge is 0.491 e. The van der Waals surface area contributed by atoms with Gasteiger partial charge < -0.3 is 15.0 Å². The number of hydrogen-bond donors (Lipinski definition) is 2. The van der Waals surface area contributed by atoms with Crippen molar-refractivity contribution in [3.63, 3.8) is 0 Å². The number of rotatable bonds is 5. The minimum atomic E-state index is -0.345. The van der Waals surface area contributed by atoms with Gasteiger partial charge in [-0.05, 0) is 20.8 Å². The van der Waals surface area contributed by atoms with Gasteiger partial charge in [0, 0.05) is 36.6 Å². The highest BCUT2D eigenvalue weighted by molar-refractivity contribution is 5.92. The Morgan fingerprint density at radius 3 is 2.73 bits per heavy atom. The van der Waals surface area contributed by atoms with E-state index in [1.807, 2.05) is 25.5 Å². The maximum Gasteiger partial charge on any atom is 0.268 e. The van der Waals surface area contributed by atoms with Crippen molar-refractivity contribution in [1.29, 1.82) is 0 Å². The van der Waals surface area contributed by atoms with E-state index in [1.165, 1.54) is 19.4 Å². The predicted octanol–water partition coefficient (Wildman–Crippen LogP) is 1.15. The van der Waals surface area contributed by atoms with Crippen LogP contribution in [0.15, 0.2) is 17.1 Å². The van der Waals surface area contributed by atoms with E-state index in [0.29, 0.717) is 6.54 Å². The van der Waals surface area contributed by atoms with E-state index in [-0.39, 0.29) is 22.8 Å². The maximum atomic E-state index is 12.1. The Hall–Kier alpha value is -2.57. The lowest BCUT2D eigenvalue weighted by molar-refractivity contribution is 0.0945. The average molecular weight is 304 g/mol. The van der Waals surface area contributed by atoms with Gasteiger partial charge in [-0.2, -0.15) is 5.10 Å². The van der Waals surface area contributed by atoms with Gasteiger partial charge >= 0.3 is 0 Å². The molecule has 0 aromatic carbocycles. The predicted molar refractivity (Wildman–Crippen MR) is 82.2 cm³/mol. The minimum absolute atomic E-state index is 0.174. The molecule has 0 aliphatic rings. The molecular formula is C15H20N4O3. The first kappa shape index (κ1) is 15.8. The SMILES string of the molecule is CCn1nc(C)c(CNC(=O)c2cc(=O)c(OC)c[nH]2)c1C. The summed E-state index contributed by atoms with van der Waals surface area (Å²) in [7, 11) is 1.40. The number of H-pyrrole nitrogens is 1. The Labute approximate surface area is 128 Å². The van der Waals surface area contributed by atoms with Crippen LogP contribution in [-0.4, -0.2) is 27.8 Å². The number of hydrogen-bond acceptors (Lipinski definition) is 4. The summed E-state index contributed by atoms with van der Waals surface area (Å²) in [6, 6.07) is 1.23. The molecule has 2 aromatic heterocycles.